The molecular weight excluding hydrogens is 265 g/mol. The van der Waals surface area contributed by atoms with Crippen LogP contribution in [0.15, 0.2) is 40.1 Å². The van der Waals surface area contributed by atoms with Gasteiger partial charge in [-0.2, -0.15) is 0 Å². The van der Waals surface area contributed by atoms with Crippen LogP contribution < -0.4 is 10.5 Å². The lowest BCUT2D eigenvalue weighted by Gasteiger charge is -2.04. The summed E-state index contributed by atoms with van der Waals surface area (Å²) in [7, 11) is 1.61. The summed E-state index contributed by atoms with van der Waals surface area (Å²) in [6.07, 6.45) is 0. The maximum Gasteiger partial charge on any atom is 0.169 e. The van der Waals surface area contributed by atoms with Crippen molar-refractivity contribution in [2.75, 3.05) is 7.11 Å². The van der Waals surface area contributed by atoms with Crippen LogP contribution in [0.2, 0.25) is 0 Å². The molecule has 0 aliphatic heterocycles. The van der Waals surface area contributed by atoms with Crippen molar-refractivity contribution in [1.29, 1.82) is 0 Å². The molecule has 0 aliphatic rings. The van der Waals surface area contributed by atoms with Gasteiger partial charge in [0.1, 0.15) is 11.5 Å². The molecule has 1 aromatic carbocycles. The lowest BCUT2D eigenvalue weighted by Crippen LogP contribution is -2.08. The molecule has 0 spiro atoms. The van der Waals surface area contributed by atoms with E-state index >= 15 is 0 Å². The minimum absolute atomic E-state index is 0.247. The summed E-state index contributed by atoms with van der Waals surface area (Å²) in [4.78, 5) is 0.913. The molecule has 0 bridgehead atoms. The van der Waals surface area contributed by atoms with Gasteiger partial charge in [-0.25, -0.2) is 4.39 Å². The highest BCUT2D eigenvalue weighted by Gasteiger charge is 2.17. The summed E-state index contributed by atoms with van der Waals surface area (Å²) in [6.45, 7) is 0. The zero-order chi connectivity index (χ0) is 13.4. The normalized spacial score (nSPS) is 12.8. The Morgan fingerprint density at radius 3 is 2.89 bits per heavy atom. The van der Waals surface area contributed by atoms with Crippen LogP contribution in [0.4, 0.5) is 4.39 Å². The molecule has 5 heteroatoms. The van der Waals surface area contributed by atoms with E-state index in [1.807, 2.05) is 11.4 Å². The zero-order valence-electron chi connectivity index (χ0n) is 10.2. The van der Waals surface area contributed by atoms with E-state index in [1.165, 1.54) is 17.4 Å². The van der Waals surface area contributed by atoms with Crippen molar-refractivity contribution in [3.05, 3.63) is 52.2 Å². The van der Waals surface area contributed by atoms with Crippen molar-refractivity contribution < 1.29 is 13.5 Å². The second kappa shape index (κ2) is 4.68. The quantitative estimate of drug-likeness (QED) is 0.794. The molecule has 0 amide bonds. The molecule has 1 atom stereocenters. The van der Waals surface area contributed by atoms with Crippen molar-refractivity contribution in [2.24, 2.45) is 5.73 Å². The number of halogens is 1. The minimum atomic E-state index is -0.416. The molecule has 0 saturated heterocycles. The third-order valence-corrected chi connectivity index (χ3v) is 3.95. The van der Waals surface area contributed by atoms with E-state index < -0.39 is 6.04 Å². The van der Waals surface area contributed by atoms with Crippen molar-refractivity contribution >= 4 is 22.3 Å². The highest BCUT2D eigenvalue weighted by atomic mass is 32.1. The molecule has 0 aliphatic carbocycles. The predicted molar refractivity (Wildman–Crippen MR) is 73.1 cm³/mol. The fraction of sp³-hybridized carbons (Fsp3) is 0.143. The highest BCUT2D eigenvalue weighted by Crippen LogP contribution is 2.32. The summed E-state index contributed by atoms with van der Waals surface area (Å²) in [5, 5.41) is 2.59. The highest BCUT2D eigenvalue weighted by molar-refractivity contribution is 7.10. The van der Waals surface area contributed by atoms with E-state index in [0.29, 0.717) is 11.1 Å². The standard InChI is InChI=1S/C14H12FNO2S/c1-17-9-6-12(19-7-9)13(16)11-5-8-3-2-4-10(15)14(8)18-11/h2-7,13H,16H2,1H3. The number of furan rings is 1. The van der Waals surface area contributed by atoms with Crippen molar-refractivity contribution in [3.8, 4) is 5.75 Å². The van der Waals surface area contributed by atoms with Gasteiger partial charge in [0.25, 0.3) is 0 Å². The topological polar surface area (TPSA) is 48.4 Å². The first-order valence-corrected chi connectivity index (χ1v) is 6.63. The zero-order valence-corrected chi connectivity index (χ0v) is 11.0. The lowest BCUT2D eigenvalue weighted by molar-refractivity contribution is 0.416. The van der Waals surface area contributed by atoms with Gasteiger partial charge in [0.2, 0.25) is 0 Å². The molecule has 0 fully saturated rings. The number of thiophene rings is 1. The Bertz CT molecular complexity index is 719. The number of rotatable bonds is 3. The number of benzene rings is 1. The summed E-state index contributed by atoms with van der Waals surface area (Å²) < 4.78 is 24.2. The molecule has 2 N–H and O–H groups in total. The molecule has 3 rings (SSSR count). The second-order valence-electron chi connectivity index (χ2n) is 4.17. The Labute approximate surface area is 113 Å². The second-order valence-corrected chi connectivity index (χ2v) is 5.12. The minimum Gasteiger partial charge on any atom is -0.496 e. The average molecular weight is 277 g/mol. The van der Waals surface area contributed by atoms with E-state index in [0.717, 1.165) is 10.6 Å². The van der Waals surface area contributed by atoms with Gasteiger partial charge in [0.15, 0.2) is 11.4 Å². The molecule has 3 aromatic rings. The van der Waals surface area contributed by atoms with Crippen molar-refractivity contribution in [2.45, 2.75) is 6.04 Å². The number of nitrogens with two attached hydrogens (primary N) is 1. The predicted octanol–water partition coefficient (Wildman–Crippen LogP) is 3.69. The molecular formula is C14H12FNO2S. The van der Waals surface area contributed by atoms with Crippen LogP contribution >= 0.6 is 11.3 Å². The third kappa shape index (κ3) is 2.11. The Morgan fingerprint density at radius 2 is 2.21 bits per heavy atom. The summed E-state index contributed by atoms with van der Waals surface area (Å²) >= 11 is 1.49. The van der Waals surface area contributed by atoms with Crippen LogP contribution in [0, 0.1) is 5.82 Å². The molecule has 3 nitrogen and oxygen atoms in total. The van der Waals surface area contributed by atoms with Gasteiger partial charge in [-0.15, -0.1) is 11.3 Å². The van der Waals surface area contributed by atoms with Gasteiger partial charge in [-0.3, -0.25) is 0 Å². The van der Waals surface area contributed by atoms with Crippen LogP contribution in [0.1, 0.15) is 16.7 Å². The molecule has 1 unspecified atom stereocenters. The Kier molecular flexibility index (Phi) is 3.00. The van der Waals surface area contributed by atoms with Gasteiger partial charge in [0, 0.05) is 15.6 Å². The first-order chi connectivity index (χ1) is 9.19. The van der Waals surface area contributed by atoms with E-state index in [-0.39, 0.29) is 11.4 Å². The molecule has 98 valence electrons. The fourth-order valence-electron chi connectivity index (χ4n) is 1.95. The van der Waals surface area contributed by atoms with Crippen LogP contribution in [0.3, 0.4) is 0 Å². The van der Waals surface area contributed by atoms with Crippen molar-refractivity contribution in [1.82, 2.24) is 0 Å². The van der Waals surface area contributed by atoms with E-state index in [2.05, 4.69) is 0 Å². The van der Waals surface area contributed by atoms with Gasteiger partial charge in [-0.05, 0) is 18.2 Å². The first-order valence-electron chi connectivity index (χ1n) is 5.75. The molecule has 0 saturated carbocycles. The van der Waals surface area contributed by atoms with Crippen molar-refractivity contribution in [3.63, 3.8) is 0 Å². The monoisotopic (exact) mass is 277 g/mol. The van der Waals surface area contributed by atoms with Gasteiger partial charge in [-0.1, -0.05) is 12.1 Å². The first kappa shape index (κ1) is 12.2. The maximum absolute atomic E-state index is 13.6. The Balaban J connectivity index is 2.01. The number of ether oxygens (including phenoxy) is 1. The van der Waals surface area contributed by atoms with Crippen LogP contribution in [-0.2, 0) is 0 Å². The summed E-state index contributed by atoms with van der Waals surface area (Å²) in [5.74, 6) is 0.932. The number of fused-ring (bicyclic) bond motifs is 1. The Hall–Kier alpha value is -1.85. The lowest BCUT2D eigenvalue weighted by atomic mass is 10.2. The molecule has 2 heterocycles. The van der Waals surface area contributed by atoms with Gasteiger partial charge in [0.05, 0.1) is 13.2 Å². The van der Waals surface area contributed by atoms with Crippen LogP contribution in [-0.4, -0.2) is 7.11 Å². The van der Waals surface area contributed by atoms with Gasteiger partial charge < -0.3 is 14.9 Å². The smallest absolute Gasteiger partial charge is 0.169 e. The van der Waals surface area contributed by atoms with E-state index in [4.69, 9.17) is 14.9 Å². The average Bonchev–Trinajstić information content (AvgIpc) is 3.05. The van der Waals surface area contributed by atoms with Crippen LogP contribution in [0.25, 0.3) is 11.0 Å². The van der Waals surface area contributed by atoms with E-state index in [1.54, 1.807) is 25.3 Å². The summed E-state index contributed by atoms with van der Waals surface area (Å²) in [5.41, 5.74) is 6.38. The third-order valence-electron chi connectivity index (χ3n) is 2.96. The van der Waals surface area contributed by atoms with Crippen LogP contribution in [0.5, 0.6) is 5.75 Å². The fourth-order valence-corrected chi connectivity index (χ4v) is 2.81. The summed E-state index contributed by atoms with van der Waals surface area (Å²) in [6, 6.07) is 8.04. The number of methoxy groups -OCH3 is 1. The van der Waals surface area contributed by atoms with Gasteiger partial charge >= 0.3 is 0 Å². The molecule has 2 aromatic heterocycles. The Morgan fingerprint density at radius 1 is 1.37 bits per heavy atom. The SMILES string of the molecule is COc1csc(C(N)c2cc3cccc(F)c3o2)c1. The largest absolute Gasteiger partial charge is 0.496 e. The number of para-hydroxylation sites is 1. The van der Waals surface area contributed by atoms with E-state index in [9.17, 15) is 4.39 Å². The number of hydrogen-bond donors (Lipinski definition) is 1. The molecule has 19 heavy (non-hydrogen) atoms. The maximum atomic E-state index is 13.6. The molecule has 0 radical (unpaired) electrons. The number of hydrogen-bond acceptors (Lipinski definition) is 4.